The lowest BCUT2D eigenvalue weighted by Crippen LogP contribution is -2.47. The van der Waals surface area contributed by atoms with Gasteiger partial charge < -0.3 is 10.1 Å². The van der Waals surface area contributed by atoms with E-state index in [1.807, 2.05) is 0 Å². The van der Waals surface area contributed by atoms with Crippen molar-refractivity contribution in [3.63, 3.8) is 0 Å². The summed E-state index contributed by atoms with van der Waals surface area (Å²) in [5.41, 5.74) is 1.02. The zero-order chi connectivity index (χ0) is 16.1. The maximum absolute atomic E-state index is 13.2. The molecule has 0 aromatic heterocycles. The molecule has 0 spiro atoms. The lowest BCUT2D eigenvalue weighted by Gasteiger charge is -2.35. The largest absolute Gasteiger partial charge is 0.379 e. The second kappa shape index (κ2) is 11.2. The SMILES string of the molecule is Cl.Cl.O=C(NCC(c1ccc(F)cc1)N1CCOCC1)C1CSCN1. The molecule has 0 bridgehead atoms. The predicted molar refractivity (Wildman–Crippen MR) is 103 cm³/mol. The Labute approximate surface area is 164 Å². The topological polar surface area (TPSA) is 53.6 Å². The Morgan fingerprint density at radius 1 is 1.32 bits per heavy atom. The summed E-state index contributed by atoms with van der Waals surface area (Å²) in [5.74, 6) is 1.43. The molecule has 1 aromatic rings. The number of morpholine rings is 1. The van der Waals surface area contributed by atoms with Crippen LogP contribution < -0.4 is 10.6 Å². The predicted octanol–water partition coefficient (Wildman–Crippen LogP) is 1.82. The first-order valence-electron chi connectivity index (χ1n) is 7.90. The Morgan fingerprint density at radius 3 is 2.60 bits per heavy atom. The number of carbonyl (C=O) groups excluding carboxylic acids is 1. The minimum absolute atomic E-state index is 0. The monoisotopic (exact) mass is 411 g/mol. The first kappa shape index (κ1) is 22.5. The van der Waals surface area contributed by atoms with E-state index in [-0.39, 0.29) is 48.6 Å². The molecule has 142 valence electrons. The van der Waals surface area contributed by atoms with E-state index < -0.39 is 0 Å². The van der Waals surface area contributed by atoms with Gasteiger partial charge in [0.05, 0.1) is 25.3 Å². The molecule has 0 radical (unpaired) electrons. The van der Waals surface area contributed by atoms with Gasteiger partial charge in [-0.2, -0.15) is 0 Å². The van der Waals surface area contributed by atoms with Crippen molar-refractivity contribution in [3.8, 4) is 0 Å². The second-order valence-electron chi connectivity index (χ2n) is 5.73. The van der Waals surface area contributed by atoms with Crippen LogP contribution in [-0.2, 0) is 9.53 Å². The fourth-order valence-electron chi connectivity index (χ4n) is 2.92. The van der Waals surface area contributed by atoms with E-state index in [4.69, 9.17) is 4.74 Å². The zero-order valence-corrected chi connectivity index (χ0v) is 16.2. The maximum atomic E-state index is 13.2. The standard InChI is InChI=1S/C16H22FN3O2S.2ClH/c17-13-3-1-12(2-4-13)15(20-5-7-22-8-6-20)9-18-16(21)14-10-23-11-19-14;;/h1-4,14-15,19H,5-11H2,(H,18,21);2*1H. The van der Waals surface area contributed by atoms with Crippen LogP contribution in [0.15, 0.2) is 24.3 Å². The average Bonchev–Trinajstić information content (AvgIpc) is 3.12. The first-order chi connectivity index (χ1) is 11.2. The van der Waals surface area contributed by atoms with Crippen LogP contribution in [0.5, 0.6) is 0 Å². The van der Waals surface area contributed by atoms with Gasteiger partial charge >= 0.3 is 0 Å². The van der Waals surface area contributed by atoms with Gasteiger partial charge in [-0.3, -0.25) is 15.0 Å². The summed E-state index contributed by atoms with van der Waals surface area (Å²) < 4.78 is 18.6. The summed E-state index contributed by atoms with van der Waals surface area (Å²) in [6.07, 6.45) is 0. The van der Waals surface area contributed by atoms with E-state index in [9.17, 15) is 9.18 Å². The number of halogens is 3. The Bertz CT molecular complexity index is 527. The van der Waals surface area contributed by atoms with E-state index in [0.717, 1.165) is 30.3 Å². The van der Waals surface area contributed by atoms with Crippen molar-refractivity contribution < 1.29 is 13.9 Å². The van der Waals surface area contributed by atoms with Gasteiger partial charge in [-0.25, -0.2) is 4.39 Å². The molecule has 9 heteroatoms. The molecule has 2 N–H and O–H groups in total. The highest BCUT2D eigenvalue weighted by atomic mass is 35.5. The molecule has 2 saturated heterocycles. The van der Waals surface area contributed by atoms with Gasteiger partial charge in [0, 0.05) is 31.3 Å². The molecule has 5 nitrogen and oxygen atoms in total. The maximum Gasteiger partial charge on any atom is 0.238 e. The molecule has 2 atom stereocenters. The molecule has 1 aromatic carbocycles. The molecule has 25 heavy (non-hydrogen) atoms. The average molecular weight is 412 g/mol. The van der Waals surface area contributed by atoms with Gasteiger partial charge in [0.1, 0.15) is 5.82 Å². The van der Waals surface area contributed by atoms with Crippen molar-refractivity contribution in [2.75, 3.05) is 44.5 Å². The molecule has 2 unspecified atom stereocenters. The number of carbonyl (C=O) groups is 1. The van der Waals surface area contributed by atoms with E-state index in [1.165, 1.54) is 12.1 Å². The van der Waals surface area contributed by atoms with Crippen LogP contribution in [0, 0.1) is 5.82 Å². The van der Waals surface area contributed by atoms with Crippen LogP contribution in [0.3, 0.4) is 0 Å². The van der Waals surface area contributed by atoms with Gasteiger partial charge in [-0.1, -0.05) is 12.1 Å². The van der Waals surface area contributed by atoms with Crippen LogP contribution in [0.1, 0.15) is 11.6 Å². The lowest BCUT2D eigenvalue weighted by molar-refractivity contribution is -0.122. The zero-order valence-electron chi connectivity index (χ0n) is 13.8. The molecule has 0 saturated carbocycles. The summed E-state index contributed by atoms with van der Waals surface area (Å²) >= 11 is 1.73. The lowest BCUT2D eigenvalue weighted by atomic mass is 10.0. The summed E-state index contributed by atoms with van der Waals surface area (Å²) in [6.45, 7) is 3.52. The van der Waals surface area contributed by atoms with Crippen molar-refractivity contribution in [1.29, 1.82) is 0 Å². The van der Waals surface area contributed by atoms with Gasteiger partial charge in [-0.15, -0.1) is 36.6 Å². The van der Waals surface area contributed by atoms with Crippen LogP contribution in [0.2, 0.25) is 0 Å². The van der Waals surface area contributed by atoms with Crippen molar-refractivity contribution >= 4 is 42.5 Å². The molecule has 2 aliphatic heterocycles. The number of nitrogens with one attached hydrogen (secondary N) is 2. The van der Waals surface area contributed by atoms with Crippen LogP contribution in [0.25, 0.3) is 0 Å². The van der Waals surface area contributed by atoms with Gasteiger partial charge in [0.15, 0.2) is 0 Å². The molecule has 3 rings (SSSR count). The molecule has 0 aliphatic carbocycles. The molecule has 2 heterocycles. The van der Waals surface area contributed by atoms with E-state index in [2.05, 4.69) is 15.5 Å². The minimum atomic E-state index is -0.245. The smallest absolute Gasteiger partial charge is 0.238 e. The van der Waals surface area contributed by atoms with Crippen molar-refractivity contribution in [2.45, 2.75) is 12.1 Å². The third kappa shape index (κ3) is 6.27. The quantitative estimate of drug-likeness (QED) is 0.773. The van der Waals surface area contributed by atoms with Gasteiger partial charge in [0.2, 0.25) is 5.91 Å². The van der Waals surface area contributed by atoms with E-state index in [0.29, 0.717) is 19.8 Å². The number of benzene rings is 1. The van der Waals surface area contributed by atoms with Crippen molar-refractivity contribution in [1.82, 2.24) is 15.5 Å². The summed E-state index contributed by atoms with van der Waals surface area (Å²) in [4.78, 5) is 14.5. The number of thioether (sulfide) groups is 1. The number of rotatable bonds is 5. The fourth-order valence-corrected chi connectivity index (χ4v) is 3.86. The Kier molecular flexibility index (Phi) is 10.1. The Morgan fingerprint density at radius 2 is 2.00 bits per heavy atom. The molecule has 1 amide bonds. The number of ether oxygens (including phenoxy) is 1. The van der Waals surface area contributed by atoms with E-state index in [1.54, 1.807) is 23.9 Å². The molecular formula is C16H24Cl2FN3O2S. The number of amides is 1. The first-order valence-corrected chi connectivity index (χ1v) is 9.05. The van der Waals surface area contributed by atoms with Crippen LogP contribution in [0.4, 0.5) is 4.39 Å². The van der Waals surface area contributed by atoms with Crippen molar-refractivity contribution in [2.24, 2.45) is 0 Å². The third-order valence-corrected chi connectivity index (χ3v) is 5.18. The van der Waals surface area contributed by atoms with Crippen LogP contribution in [-0.4, -0.2) is 61.3 Å². The Hall–Kier alpha value is -0.570. The Balaban J connectivity index is 0.00000156. The van der Waals surface area contributed by atoms with Gasteiger partial charge in [0.25, 0.3) is 0 Å². The van der Waals surface area contributed by atoms with E-state index >= 15 is 0 Å². The number of hydrogen-bond donors (Lipinski definition) is 2. The summed E-state index contributed by atoms with van der Waals surface area (Å²) in [5, 5.41) is 6.22. The molecule has 2 aliphatic rings. The summed E-state index contributed by atoms with van der Waals surface area (Å²) in [7, 11) is 0. The second-order valence-corrected chi connectivity index (χ2v) is 6.76. The third-order valence-electron chi connectivity index (χ3n) is 4.24. The minimum Gasteiger partial charge on any atom is -0.379 e. The highest BCUT2D eigenvalue weighted by molar-refractivity contribution is 7.99. The normalized spacial score (nSPS) is 21.7. The van der Waals surface area contributed by atoms with Gasteiger partial charge in [-0.05, 0) is 17.7 Å². The highest BCUT2D eigenvalue weighted by Gasteiger charge is 2.26. The molecule has 2 fully saturated rings. The number of hydrogen-bond acceptors (Lipinski definition) is 5. The summed E-state index contributed by atoms with van der Waals surface area (Å²) in [6, 6.07) is 6.46. The fraction of sp³-hybridized carbons (Fsp3) is 0.562. The van der Waals surface area contributed by atoms with Crippen molar-refractivity contribution in [3.05, 3.63) is 35.6 Å². The highest BCUT2D eigenvalue weighted by Crippen LogP contribution is 2.22. The number of nitrogens with zero attached hydrogens (tertiary/aromatic N) is 1. The van der Waals surface area contributed by atoms with Crippen LogP contribution >= 0.6 is 36.6 Å². The molecular weight excluding hydrogens is 388 g/mol.